The van der Waals surface area contributed by atoms with Crippen molar-refractivity contribution in [2.24, 2.45) is 11.8 Å². The molecule has 1 atom stereocenters. The zero-order valence-corrected chi connectivity index (χ0v) is 17.0. The molecule has 0 radical (unpaired) electrons. The second kappa shape index (κ2) is 9.77. The molecule has 2 aliphatic rings. The van der Waals surface area contributed by atoms with E-state index in [1.165, 1.54) is 43.0 Å². The minimum atomic E-state index is 0.153. The van der Waals surface area contributed by atoms with Crippen LogP contribution >= 0.6 is 11.8 Å². The molecule has 2 fully saturated rings. The monoisotopic (exact) mass is 375 g/mol. The van der Waals surface area contributed by atoms with Gasteiger partial charge in [-0.1, -0.05) is 19.1 Å². The summed E-state index contributed by atoms with van der Waals surface area (Å²) in [5.41, 5.74) is 3.47. The number of hydrogen-bond acceptors (Lipinski definition) is 4. The Morgan fingerprint density at radius 1 is 1.31 bits per heavy atom. The van der Waals surface area contributed by atoms with Gasteiger partial charge in [0, 0.05) is 43.2 Å². The molecule has 0 aromatic heterocycles. The number of benzene rings is 1. The maximum Gasteiger partial charge on any atom is 0.224 e. The predicted molar refractivity (Wildman–Crippen MR) is 112 cm³/mol. The second-order valence-corrected chi connectivity index (χ2v) is 9.08. The molecular weight excluding hydrogens is 342 g/mol. The van der Waals surface area contributed by atoms with Gasteiger partial charge in [0.2, 0.25) is 5.91 Å². The standard InChI is InChI=1S/C21H33N3OS/c1-16(19-5-7-22-8-6-19)14-21(25)23-20-4-3-18(13-17(20)2)15-24-9-11-26-12-10-24/h3-4,13,16,19,22H,5-12,14-15H2,1-2H3,(H,23,25). The molecule has 0 spiro atoms. The minimum absolute atomic E-state index is 0.153. The van der Waals surface area contributed by atoms with E-state index in [0.29, 0.717) is 18.3 Å². The van der Waals surface area contributed by atoms with Gasteiger partial charge >= 0.3 is 0 Å². The molecule has 2 heterocycles. The highest BCUT2D eigenvalue weighted by molar-refractivity contribution is 7.99. The lowest BCUT2D eigenvalue weighted by Crippen LogP contribution is -2.32. The van der Waals surface area contributed by atoms with Crippen LogP contribution in [0.4, 0.5) is 5.69 Å². The van der Waals surface area contributed by atoms with Crippen molar-refractivity contribution in [2.45, 2.75) is 39.7 Å². The molecule has 1 unspecified atom stereocenters. The maximum atomic E-state index is 12.5. The molecule has 3 rings (SSSR count). The summed E-state index contributed by atoms with van der Waals surface area (Å²) >= 11 is 2.04. The average Bonchev–Trinajstić information content (AvgIpc) is 2.65. The Hall–Kier alpha value is -1.04. The molecule has 1 aromatic carbocycles. The summed E-state index contributed by atoms with van der Waals surface area (Å²) < 4.78 is 0. The largest absolute Gasteiger partial charge is 0.326 e. The Labute approximate surface area is 162 Å². The second-order valence-electron chi connectivity index (χ2n) is 7.85. The van der Waals surface area contributed by atoms with E-state index in [9.17, 15) is 4.79 Å². The van der Waals surface area contributed by atoms with E-state index in [0.717, 1.165) is 30.9 Å². The fourth-order valence-corrected chi connectivity index (χ4v) is 5.03. The molecule has 1 amide bonds. The number of carbonyl (C=O) groups excluding carboxylic acids is 1. The van der Waals surface area contributed by atoms with Gasteiger partial charge in [0.15, 0.2) is 0 Å². The van der Waals surface area contributed by atoms with Crippen molar-refractivity contribution in [1.82, 2.24) is 10.2 Å². The van der Waals surface area contributed by atoms with E-state index in [2.05, 4.69) is 47.6 Å². The molecule has 26 heavy (non-hydrogen) atoms. The van der Waals surface area contributed by atoms with Gasteiger partial charge < -0.3 is 10.6 Å². The topological polar surface area (TPSA) is 44.4 Å². The number of aryl methyl sites for hydroxylation is 1. The van der Waals surface area contributed by atoms with Gasteiger partial charge in [-0.25, -0.2) is 0 Å². The molecule has 144 valence electrons. The molecule has 4 nitrogen and oxygen atoms in total. The Bertz CT molecular complexity index is 595. The summed E-state index contributed by atoms with van der Waals surface area (Å²) in [5, 5.41) is 6.54. The van der Waals surface area contributed by atoms with Crippen LogP contribution in [0.2, 0.25) is 0 Å². The first-order chi connectivity index (χ1) is 12.6. The number of piperidine rings is 1. The number of rotatable bonds is 6. The summed E-state index contributed by atoms with van der Waals surface area (Å²) in [5.74, 6) is 3.76. The third-order valence-corrected chi connectivity index (χ3v) is 6.71. The number of anilines is 1. The predicted octanol–water partition coefficient (Wildman–Crippen LogP) is 3.51. The van der Waals surface area contributed by atoms with Gasteiger partial charge in [0.25, 0.3) is 0 Å². The van der Waals surface area contributed by atoms with Gasteiger partial charge in [-0.3, -0.25) is 9.69 Å². The molecule has 0 bridgehead atoms. The van der Waals surface area contributed by atoms with Gasteiger partial charge in [-0.05, 0) is 61.9 Å². The highest BCUT2D eigenvalue weighted by Crippen LogP contribution is 2.25. The minimum Gasteiger partial charge on any atom is -0.326 e. The van der Waals surface area contributed by atoms with Gasteiger partial charge in [-0.15, -0.1) is 0 Å². The van der Waals surface area contributed by atoms with E-state index >= 15 is 0 Å². The van der Waals surface area contributed by atoms with Crippen LogP contribution in [0.15, 0.2) is 18.2 Å². The zero-order chi connectivity index (χ0) is 18.4. The fourth-order valence-electron chi connectivity index (χ4n) is 4.06. The summed E-state index contributed by atoms with van der Waals surface area (Å²) in [6.45, 7) is 9.87. The Morgan fingerprint density at radius 3 is 2.73 bits per heavy atom. The van der Waals surface area contributed by atoms with Crippen LogP contribution in [0, 0.1) is 18.8 Å². The summed E-state index contributed by atoms with van der Waals surface area (Å²) in [6.07, 6.45) is 3.01. The summed E-state index contributed by atoms with van der Waals surface area (Å²) in [4.78, 5) is 15.0. The van der Waals surface area contributed by atoms with Crippen LogP contribution in [0.1, 0.15) is 37.3 Å². The lowest BCUT2D eigenvalue weighted by molar-refractivity contribution is -0.117. The number of amides is 1. The van der Waals surface area contributed by atoms with Crippen LogP contribution in [-0.2, 0) is 11.3 Å². The first-order valence-electron chi connectivity index (χ1n) is 10.0. The van der Waals surface area contributed by atoms with Crippen LogP contribution in [-0.4, -0.2) is 48.5 Å². The normalized spacial score (nSPS) is 20.7. The van der Waals surface area contributed by atoms with E-state index < -0.39 is 0 Å². The number of hydrogen-bond donors (Lipinski definition) is 2. The quantitative estimate of drug-likeness (QED) is 0.799. The third-order valence-electron chi connectivity index (χ3n) is 5.77. The molecule has 0 saturated carbocycles. The molecule has 2 aliphatic heterocycles. The number of nitrogens with zero attached hydrogens (tertiary/aromatic N) is 1. The average molecular weight is 376 g/mol. The van der Waals surface area contributed by atoms with Crippen molar-refractivity contribution in [1.29, 1.82) is 0 Å². The first kappa shape index (κ1) is 19.7. The Morgan fingerprint density at radius 2 is 2.04 bits per heavy atom. The molecule has 2 saturated heterocycles. The van der Waals surface area contributed by atoms with Crippen molar-refractivity contribution >= 4 is 23.4 Å². The van der Waals surface area contributed by atoms with Gasteiger partial charge in [0.05, 0.1) is 0 Å². The highest BCUT2D eigenvalue weighted by Gasteiger charge is 2.22. The molecule has 5 heteroatoms. The van der Waals surface area contributed by atoms with E-state index in [4.69, 9.17) is 0 Å². The van der Waals surface area contributed by atoms with E-state index in [-0.39, 0.29) is 5.91 Å². The maximum absolute atomic E-state index is 12.5. The van der Waals surface area contributed by atoms with Crippen LogP contribution in [0.5, 0.6) is 0 Å². The molecule has 2 N–H and O–H groups in total. The summed E-state index contributed by atoms with van der Waals surface area (Å²) in [6, 6.07) is 6.48. The first-order valence-corrected chi connectivity index (χ1v) is 11.2. The van der Waals surface area contributed by atoms with Crippen LogP contribution < -0.4 is 10.6 Å². The van der Waals surface area contributed by atoms with E-state index in [1.807, 2.05) is 11.8 Å². The van der Waals surface area contributed by atoms with Crippen molar-refractivity contribution in [3.63, 3.8) is 0 Å². The molecular formula is C21H33N3OS. The number of nitrogens with one attached hydrogen (secondary N) is 2. The molecule has 1 aromatic rings. The van der Waals surface area contributed by atoms with Crippen molar-refractivity contribution in [2.75, 3.05) is 43.0 Å². The highest BCUT2D eigenvalue weighted by atomic mass is 32.2. The third kappa shape index (κ3) is 5.73. The Balaban J connectivity index is 1.51. The van der Waals surface area contributed by atoms with Gasteiger partial charge in [0.1, 0.15) is 0 Å². The van der Waals surface area contributed by atoms with Crippen molar-refractivity contribution in [3.05, 3.63) is 29.3 Å². The number of carbonyl (C=O) groups is 1. The van der Waals surface area contributed by atoms with Crippen LogP contribution in [0.25, 0.3) is 0 Å². The molecule has 0 aliphatic carbocycles. The fraction of sp³-hybridized carbons (Fsp3) is 0.667. The van der Waals surface area contributed by atoms with Gasteiger partial charge in [-0.2, -0.15) is 11.8 Å². The number of thioether (sulfide) groups is 1. The van der Waals surface area contributed by atoms with Crippen molar-refractivity contribution < 1.29 is 4.79 Å². The van der Waals surface area contributed by atoms with Crippen LogP contribution in [0.3, 0.4) is 0 Å². The lowest BCUT2D eigenvalue weighted by atomic mass is 9.84. The van der Waals surface area contributed by atoms with Crippen molar-refractivity contribution in [3.8, 4) is 0 Å². The summed E-state index contributed by atoms with van der Waals surface area (Å²) in [7, 11) is 0. The SMILES string of the molecule is Cc1cc(CN2CCSCC2)ccc1NC(=O)CC(C)C1CCNCC1. The lowest BCUT2D eigenvalue weighted by Gasteiger charge is -2.28. The smallest absolute Gasteiger partial charge is 0.224 e. The zero-order valence-electron chi connectivity index (χ0n) is 16.2. The van der Waals surface area contributed by atoms with E-state index in [1.54, 1.807) is 0 Å². The Kier molecular flexibility index (Phi) is 7.41.